The van der Waals surface area contributed by atoms with Crippen molar-refractivity contribution in [3.63, 3.8) is 0 Å². The number of carbonyl (C=O) groups excluding carboxylic acids is 9. The molecule has 0 unspecified atom stereocenters. The molecule has 1 fully saturated rings. The van der Waals surface area contributed by atoms with Crippen LogP contribution in [0.2, 0.25) is 0 Å². The number of aliphatic imine (C=N–C) groups is 2. The first kappa shape index (κ1) is 53.0. The van der Waals surface area contributed by atoms with Gasteiger partial charge in [0.05, 0.1) is 19.3 Å². The second-order valence-corrected chi connectivity index (χ2v) is 16.6. The summed E-state index contributed by atoms with van der Waals surface area (Å²) in [6, 6.07) is 4.14. The fraction of sp³-hybridized carbons (Fsp3) is 0.488. The van der Waals surface area contributed by atoms with E-state index in [1.807, 2.05) is 0 Å². The molecule has 9 amide bonds. The number of carbonyl (C=O) groups is 9. The van der Waals surface area contributed by atoms with Gasteiger partial charge in [0.15, 0.2) is 11.9 Å². The molecule has 0 spiro atoms. The van der Waals surface area contributed by atoms with E-state index in [2.05, 4.69) is 31.3 Å². The highest BCUT2D eigenvalue weighted by atomic mass is 32.1. The number of nitrogens with one attached hydrogen (secondary N) is 4. The van der Waals surface area contributed by atoms with Gasteiger partial charge in [-0.3, -0.25) is 53.1 Å². The molecule has 24 nitrogen and oxygen atoms in total. The SMILES string of the molecule is CN(C(=O)Cc1cccs1)[C@@H](CC(N)=O)C(=O)N[C@@H](Cc1ccccc1)C(=O)N[C@@H](CCCN=C(N)N)C(=O)N1CCC[C@H]1C(=O)N[C@@H](CCCN=C(N)N)C(=O)N[C@@H](CC(N)=O)C(N)=O. The molecule has 25 heteroatoms. The van der Waals surface area contributed by atoms with Crippen molar-refractivity contribution in [3.05, 3.63) is 58.3 Å². The fourth-order valence-electron chi connectivity index (χ4n) is 7.06. The number of nitrogens with zero attached hydrogens (tertiary/aromatic N) is 4. The predicted octanol–water partition coefficient (Wildman–Crippen LogP) is -4.37. The second-order valence-electron chi connectivity index (χ2n) is 15.5. The summed E-state index contributed by atoms with van der Waals surface area (Å²) in [7, 11) is 1.35. The quantitative estimate of drug-likeness (QED) is 0.0230. The molecule has 18 N–H and O–H groups in total. The smallest absolute Gasteiger partial charge is 0.245 e. The molecule has 0 saturated carbocycles. The van der Waals surface area contributed by atoms with Crippen molar-refractivity contribution in [2.75, 3.05) is 26.7 Å². The first-order valence-corrected chi connectivity index (χ1v) is 22.0. The van der Waals surface area contributed by atoms with E-state index >= 15 is 0 Å². The monoisotopic (exact) mass is 939 g/mol. The van der Waals surface area contributed by atoms with Gasteiger partial charge in [0.2, 0.25) is 53.2 Å². The Kier molecular flexibility index (Phi) is 21.3. The molecule has 66 heavy (non-hydrogen) atoms. The van der Waals surface area contributed by atoms with Gasteiger partial charge in [0.1, 0.15) is 36.3 Å². The Balaban J connectivity index is 1.92. The average molecular weight is 940 g/mol. The third-order valence-corrected chi connectivity index (χ3v) is 11.3. The summed E-state index contributed by atoms with van der Waals surface area (Å²) in [5.74, 6) is -7.69. The summed E-state index contributed by atoms with van der Waals surface area (Å²) in [4.78, 5) is 130. The summed E-state index contributed by atoms with van der Waals surface area (Å²) < 4.78 is 0. The zero-order chi connectivity index (χ0) is 48.9. The van der Waals surface area contributed by atoms with Gasteiger partial charge < -0.3 is 71.2 Å². The molecule has 3 rings (SSSR count). The van der Waals surface area contributed by atoms with Crippen LogP contribution in [0.25, 0.3) is 0 Å². The van der Waals surface area contributed by atoms with Crippen molar-refractivity contribution >= 4 is 76.4 Å². The van der Waals surface area contributed by atoms with Gasteiger partial charge >= 0.3 is 0 Å². The van der Waals surface area contributed by atoms with E-state index in [0.717, 1.165) is 9.78 Å². The average Bonchev–Trinajstić information content (AvgIpc) is 3.97. The third kappa shape index (κ3) is 17.7. The van der Waals surface area contributed by atoms with Gasteiger partial charge in [-0.2, -0.15) is 0 Å². The van der Waals surface area contributed by atoms with Crippen molar-refractivity contribution < 1.29 is 43.2 Å². The highest BCUT2D eigenvalue weighted by Crippen LogP contribution is 2.21. The van der Waals surface area contributed by atoms with E-state index < -0.39 is 102 Å². The number of amides is 9. The van der Waals surface area contributed by atoms with E-state index in [4.69, 9.17) is 40.1 Å². The highest BCUT2D eigenvalue weighted by Gasteiger charge is 2.40. The maximum Gasteiger partial charge on any atom is 0.245 e. The van der Waals surface area contributed by atoms with Gasteiger partial charge in [-0.25, -0.2) is 0 Å². The number of hydrogen-bond donors (Lipinski definition) is 11. The second kappa shape index (κ2) is 26.5. The standard InChI is InChI=1S/C41H61N15O9S/c1-55(33(59)20-24-11-8-18-66-24)30(22-32(43)58)38(64)54-28(19-23-9-3-2-4-10-23)36(62)52-26(13-6-16-50-41(47)48)39(65)56-17-7-14-29(56)37(63)51-25(12-5-15-49-40(45)46)35(61)53-27(34(44)60)21-31(42)57/h2-4,8-11,18,25-30H,5-7,12-17,19-22H2,1H3,(H2,42,57)(H2,43,58)(H2,44,60)(H,51,63)(H,52,62)(H,53,61)(H,54,64)(H4,45,46,49)(H4,47,48,50)/t25-,26-,27-,28-,29-,30-/m0/s1. The molecule has 0 radical (unpaired) electrons. The van der Waals surface area contributed by atoms with Crippen LogP contribution >= 0.6 is 11.3 Å². The van der Waals surface area contributed by atoms with Crippen LogP contribution in [0.4, 0.5) is 0 Å². The molecule has 360 valence electrons. The number of hydrogen-bond acceptors (Lipinski definition) is 12. The van der Waals surface area contributed by atoms with Crippen LogP contribution in [0.5, 0.6) is 0 Å². The molecule has 1 aromatic carbocycles. The minimum absolute atomic E-state index is 0.0351. The summed E-state index contributed by atoms with van der Waals surface area (Å²) >= 11 is 1.34. The Bertz CT molecular complexity index is 2080. The van der Waals surface area contributed by atoms with Gasteiger partial charge in [-0.05, 0) is 55.5 Å². The molecule has 0 bridgehead atoms. The largest absolute Gasteiger partial charge is 0.370 e. The van der Waals surface area contributed by atoms with E-state index in [1.54, 1.807) is 47.8 Å². The van der Waals surface area contributed by atoms with Crippen LogP contribution in [0.15, 0.2) is 57.8 Å². The first-order chi connectivity index (χ1) is 31.3. The lowest BCUT2D eigenvalue weighted by Crippen LogP contribution is -2.60. The number of likely N-dealkylation sites (N-methyl/N-ethyl adjacent to an activating group) is 1. The lowest BCUT2D eigenvalue weighted by Gasteiger charge is -2.31. The number of likely N-dealkylation sites (tertiary alicyclic amines) is 1. The Hall–Kier alpha value is -7.31. The van der Waals surface area contributed by atoms with Crippen molar-refractivity contribution in [2.24, 2.45) is 50.1 Å². The molecule has 1 aromatic heterocycles. The maximum absolute atomic E-state index is 14.5. The number of guanidine groups is 2. The number of nitrogens with two attached hydrogens (primary N) is 7. The first-order valence-electron chi connectivity index (χ1n) is 21.1. The number of primary amides is 3. The predicted molar refractivity (Wildman–Crippen MR) is 244 cm³/mol. The van der Waals surface area contributed by atoms with Gasteiger partial charge in [0.25, 0.3) is 0 Å². The Morgan fingerprint density at radius 2 is 1.29 bits per heavy atom. The lowest BCUT2D eigenvalue weighted by molar-refractivity contribution is -0.143. The number of benzene rings is 1. The Morgan fingerprint density at radius 3 is 1.85 bits per heavy atom. The summed E-state index contributed by atoms with van der Waals surface area (Å²) in [6.45, 7) is 0.209. The molecule has 1 aliphatic heterocycles. The maximum atomic E-state index is 14.5. The molecular weight excluding hydrogens is 879 g/mol. The van der Waals surface area contributed by atoms with Crippen LogP contribution in [0.3, 0.4) is 0 Å². The van der Waals surface area contributed by atoms with Crippen LogP contribution in [-0.2, 0) is 56.0 Å². The van der Waals surface area contributed by atoms with Crippen molar-refractivity contribution in [1.82, 2.24) is 31.1 Å². The van der Waals surface area contributed by atoms with E-state index in [-0.39, 0.29) is 76.5 Å². The molecule has 6 atom stereocenters. The molecule has 1 aliphatic rings. The molecule has 1 saturated heterocycles. The van der Waals surface area contributed by atoms with E-state index in [0.29, 0.717) is 12.0 Å². The van der Waals surface area contributed by atoms with Gasteiger partial charge in [0, 0.05) is 38.0 Å². The highest BCUT2D eigenvalue weighted by molar-refractivity contribution is 7.10. The molecular formula is C41H61N15O9S. The van der Waals surface area contributed by atoms with Gasteiger partial charge in [-0.1, -0.05) is 36.4 Å². The zero-order valence-corrected chi connectivity index (χ0v) is 37.5. The van der Waals surface area contributed by atoms with Crippen LogP contribution in [0.1, 0.15) is 61.8 Å². The summed E-state index contributed by atoms with van der Waals surface area (Å²) in [6.07, 6.45) is -0.506. The van der Waals surface area contributed by atoms with Crippen LogP contribution in [-0.4, -0.2) is 138 Å². The molecule has 2 heterocycles. The minimum Gasteiger partial charge on any atom is -0.370 e. The van der Waals surface area contributed by atoms with E-state index in [9.17, 15) is 43.2 Å². The van der Waals surface area contributed by atoms with Crippen molar-refractivity contribution in [1.29, 1.82) is 0 Å². The normalized spacial score (nSPS) is 15.3. The topological polar surface area (TPSA) is 415 Å². The van der Waals surface area contributed by atoms with Crippen molar-refractivity contribution in [3.8, 4) is 0 Å². The molecule has 0 aliphatic carbocycles. The van der Waals surface area contributed by atoms with Gasteiger partial charge in [-0.15, -0.1) is 11.3 Å². The zero-order valence-electron chi connectivity index (χ0n) is 36.7. The minimum atomic E-state index is -1.48. The number of thiophene rings is 1. The van der Waals surface area contributed by atoms with Crippen LogP contribution < -0.4 is 61.4 Å². The van der Waals surface area contributed by atoms with Crippen molar-refractivity contribution in [2.45, 2.75) is 100 Å². The Labute approximate surface area is 385 Å². The van der Waals surface area contributed by atoms with E-state index in [1.165, 1.54) is 23.3 Å². The number of rotatable bonds is 27. The summed E-state index contributed by atoms with van der Waals surface area (Å²) in [5, 5.41) is 12.2. The molecule has 2 aromatic rings. The third-order valence-electron chi connectivity index (χ3n) is 10.4. The summed E-state index contributed by atoms with van der Waals surface area (Å²) in [5.41, 5.74) is 38.6. The Morgan fingerprint density at radius 1 is 0.712 bits per heavy atom. The lowest BCUT2D eigenvalue weighted by atomic mass is 10.0. The van der Waals surface area contributed by atoms with Crippen LogP contribution in [0, 0.1) is 0 Å². The fourth-order valence-corrected chi connectivity index (χ4v) is 7.75.